The molecular formula is C23H26N4O2. The molecule has 1 aliphatic rings. The highest BCUT2D eigenvalue weighted by Crippen LogP contribution is 2.30. The first-order chi connectivity index (χ1) is 14.2. The van der Waals surface area contributed by atoms with Crippen LogP contribution in [0.5, 0.6) is 5.75 Å². The van der Waals surface area contributed by atoms with Crippen LogP contribution in [0.25, 0.3) is 10.9 Å². The van der Waals surface area contributed by atoms with Crippen molar-refractivity contribution < 1.29 is 9.53 Å². The highest BCUT2D eigenvalue weighted by molar-refractivity contribution is 6.03. The first-order valence-electron chi connectivity index (χ1n) is 10.1. The zero-order valence-corrected chi connectivity index (χ0v) is 16.4. The number of pyridine rings is 1. The van der Waals surface area contributed by atoms with Crippen LogP contribution in [0, 0.1) is 5.92 Å². The maximum Gasteiger partial charge on any atom is 0.316 e. The minimum absolute atomic E-state index is 0.588. The summed E-state index contributed by atoms with van der Waals surface area (Å²) in [6.07, 6.45) is 8.28. The molecule has 3 aromatic rings. The maximum atomic E-state index is 11.2. The molecule has 29 heavy (non-hydrogen) atoms. The SMILES string of the molecule is NC(=O)Nc1cccc2c(Nc3ccc(OCC4CCCCC4)cc3)ccnc12. The second kappa shape index (κ2) is 8.82. The van der Waals surface area contributed by atoms with Crippen molar-refractivity contribution in [2.24, 2.45) is 11.7 Å². The number of nitrogens with one attached hydrogen (secondary N) is 2. The second-order valence-electron chi connectivity index (χ2n) is 7.51. The molecule has 0 spiro atoms. The molecule has 1 saturated carbocycles. The van der Waals surface area contributed by atoms with Crippen LogP contribution < -0.4 is 21.1 Å². The summed E-state index contributed by atoms with van der Waals surface area (Å²) in [6, 6.07) is 14.9. The molecule has 1 aromatic heterocycles. The predicted octanol–water partition coefficient (Wildman–Crippen LogP) is 5.43. The van der Waals surface area contributed by atoms with Crippen LogP contribution in [-0.4, -0.2) is 17.6 Å². The van der Waals surface area contributed by atoms with Crippen LogP contribution in [0.2, 0.25) is 0 Å². The average molecular weight is 390 g/mol. The molecule has 0 saturated heterocycles. The number of nitrogens with two attached hydrogens (primary N) is 1. The number of ether oxygens (including phenoxy) is 1. The van der Waals surface area contributed by atoms with Gasteiger partial charge in [0.1, 0.15) is 5.75 Å². The minimum atomic E-state index is -0.610. The van der Waals surface area contributed by atoms with Crippen molar-refractivity contribution in [3.8, 4) is 5.75 Å². The molecule has 1 aliphatic carbocycles. The molecule has 2 aromatic carbocycles. The van der Waals surface area contributed by atoms with E-state index in [4.69, 9.17) is 10.5 Å². The van der Waals surface area contributed by atoms with Crippen LogP contribution in [0.4, 0.5) is 21.9 Å². The average Bonchev–Trinajstić information content (AvgIpc) is 2.74. The summed E-state index contributed by atoms with van der Waals surface area (Å²) in [5, 5.41) is 6.94. The Morgan fingerprint density at radius 3 is 2.59 bits per heavy atom. The Hall–Kier alpha value is -3.28. The minimum Gasteiger partial charge on any atom is -0.493 e. The molecule has 6 heteroatoms. The van der Waals surface area contributed by atoms with Crippen molar-refractivity contribution in [3.05, 3.63) is 54.7 Å². The highest BCUT2D eigenvalue weighted by atomic mass is 16.5. The molecule has 4 rings (SSSR count). The van der Waals surface area contributed by atoms with Gasteiger partial charge < -0.3 is 21.1 Å². The van der Waals surface area contributed by atoms with Gasteiger partial charge in [-0.3, -0.25) is 4.98 Å². The summed E-state index contributed by atoms with van der Waals surface area (Å²) < 4.78 is 5.98. The fraction of sp³-hybridized carbons (Fsp3) is 0.304. The number of carbonyl (C=O) groups excluding carboxylic acids is 1. The number of amides is 2. The number of nitrogens with zero attached hydrogens (tertiary/aromatic N) is 1. The van der Waals surface area contributed by atoms with E-state index in [0.29, 0.717) is 17.1 Å². The lowest BCUT2D eigenvalue weighted by Gasteiger charge is -2.21. The molecule has 6 nitrogen and oxygen atoms in total. The molecular weight excluding hydrogens is 364 g/mol. The zero-order valence-electron chi connectivity index (χ0n) is 16.4. The van der Waals surface area contributed by atoms with Crippen LogP contribution in [0.1, 0.15) is 32.1 Å². The summed E-state index contributed by atoms with van der Waals surface area (Å²) in [4.78, 5) is 15.6. The van der Waals surface area contributed by atoms with Gasteiger partial charge >= 0.3 is 6.03 Å². The molecule has 0 unspecified atom stereocenters. The van der Waals surface area contributed by atoms with Crippen LogP contribution in [-0.2, 0) is 0 Å². The van der Waals surface area contributed by atoms with E-state index in [-0.39, 0.29) is 0 Å². The first kappa shape index (κ1) is 19.1. The Kier molecular flexibility index (Phi) is 5.79. The third-order valence-corrected chi connectivity index (χ3v) is 5.37. The Balaban J connectivity index is 1.46. The third-order valence-electron chi connectivity index (χ3n) is 5.37. The first-order valence-corrected chi connectivity index (χ1v) is 10.1. The summed E-state index contributed by atoms with van der Waals surface area (Å²) in [5.41, 5.74) is 8.39. The van der Waals surface area contributed by atoms with Gasteiger partial charge in [-0.2, -0.15) is 0 Å². The number of para-hydroxylation sites is 1. The van der Waals surface area contributed by atoms with Gasteiger partial charge in [0.05, 0.1) is 17.8 Å². The molecule has 0 radical (unpaired) electrons. The summed E-state index contributed by atoms with van der Waals surface area (Å²) in [7, 11) is 0. The van der Waals surface area contributed by atoms with Gasteiger partial charge in [0.2, 0.25) is 0 Å². The van der Waals surface area contributed by atoms with Crippen LogP contribution in [0.3, 0.4) is 0 Å². The molecule has 4 N–H and O–H groups in total. The van der Waals surface area contributed by atoms with E-state index in [1.54, 1.807) is 12.3 Å². The van der Waals surface area contributed by atoms with Crippen LogP contribution in [0.15, 0.2) is 54.7 Å². The Morgan fingerprint density at radius 2 is 1.83 bits per heavy atom. The zero-order chi connectivity index (χ0) is 20.1. The Morgan fingerprint density at radius 1 is 1.03 bits per heavy atom. The number of hydrogen-bond acceptors (Lipinski definition) is 4. The maximum absolute atomic E-state index is 11.2. The number of anilines is 3. The number of hydrogen-bond donors (Lipinski definition) is 3. The normalized spacial score (nSPS) is 14.5. The van der Waals surface area contributed by atoms with E-state index >= 15 is 0 Å². The molecule has 0 bridgehead atoms. The highest BCUT2D eigenvalue weighted by Gasteiger charge is 2.14. The number of rotatable bonds is 6. The number of primary amides is 1. The Labute approximate surface area is 170 Å². The lowest BCUT2D eigenvalue weighted by molar-refractivity contribution is 0.209. The van der Waals surface area contributed by atoms with Crippen molar-refractivity contribution in [1.29, 1.82) is 0 Å². The summed E-state index contributed by atoms with van der Waals surface area (Å²) in [6.45, 7) is 0.803. The van der Waals surface area contributed by atoms with Crippen molar-refractivity contribution in [1.82, 2.24) is 4.98 Å². The van der Waals surface area contributed by atoms with Gasteiger partial charge in [-0.15, -0.1) is 0 Å². The molecule has 1 heterocycles. The fourth-order valence-electron chi connectivity index (χ4n) is 3.88. The van der Waals surface area contributed by atoms with E-state index in [0.717, 1.165) is 29.1 Å². The third kappa shape index (κ3) is 4.77. The van der Waals surface area contributed by atoms with Crippen molar-refractivity contribution in [2.75, 3.05) is 17.2 Å². The Bertz CT molecular complexity index is 982. The lowest BCUT2D eigenvalue weighted by atomic mass is 9.90. The monoisotopic (exact) mass is 390 g/mol. The number of aromatic nitrogens is 1. The summed E-state index contributed by atoms with van der Waals surface area (Å²) >= 11 is 0. The van der Waals surface area contributed by atoms with Gasteiger partial charge in [0, 0.05) is 23.0 Å². The number of urea groups is 1. The number of benzene rings is 2. The fourth-order valence-corrected chi connectivity index (χ4v) is 3.88. The number of carbonyl (C=O) groups is 1. The van der Waals surface area contributed by atoms with Crippen molar-refractivity contribution in [3.63, 3.8) is 0 Å². The van der Waals surface area contributed by atoms with Gasteiger partial charge in [-0.05, 0) is 55.2 Å². The van der Waals surface area contributed by atoms with E-state index in [2.05, 4.69) is 15.6 Å². The quantitative estimate of drug-likeness (QED) is 0.524. The predicted molar refractivity (Wildman–Crippen MR) is 117 cm³/mol. The standard InChI is InChI=1S/C23H26N4O2/c24-23(28)27-21-8-4-7-19-20(13-14-25-22(19)21)26-17-9-11-18(12-10-17)29-15-16-5-2-1-3-6-16/h4,7-14,16H,1-3,5-6,15H2,(H,25,26)(H3,24,27,28). The van der Waals surface area contributed by atoms with Crippen molar-refractivity contribution >= 4 is 34.0 Å². The van der Waals surface area contributed by atoms with E-state index < -0.39 is 6.03 Å². The van der Waals surface area contributed by atoms with Gasteiger partial charge in [-0.25, -0.2) is 4.79 Å². The lowest BCUT2D eigenvalue weighted by Crippen LogP contribution is -2.19. The molecule has 0 atom stereocenters. The molecule has 150 valence electrons. The second-order valence-corrected chi connectivity index (χ2v) is 7.51. The number of fused-ring (bicyclic) bond motifs is 1. The van der Waals surface area contributed by atoms with E-state index in [1.165, 1.54) is 32.1 Å². The largest absolute Gasteiger partial charge is 0.493 e. The van der Waals surface area contributed by atoms with Gasteiger partial charge in [-0.1, -0.05) is 31.4 Å². The van der Waals surface area contributed by atoms with Gasteiger partial charge in [0.25, 0.3) is 0 Å². The molecule has 1 fully saturated rings. The smallest absolute Gasteiger partial charge is 0.316 e. The topological polar surface area (TPSA) is 89.3 Å². The van der Waals surface area contributed by atoms with Crippen molar-refractivity contribution in [2.45, 2.75) is 32.1 Å². The summed E-state index contributed by atoms with van der Waals surface area (Å²) in [5.74, 6) is 1.58. The van der Waals surface area contributed by atoms with Crippen LogP contribution >= 0.6 is 0 Å². The van der Waals surface area contributed by atoms with Gasteiger partial charge in [0.15, 0.2) is 0 Å². The molecule has 2 amide bonds. The van der Waals surface area contributed by atoms with E-state index in [1.807, 2.05) is 42.5 Å². The molecule has 0 aliphatic heterocycles. The van der Waals surface area contributed by atoms with E-state index in [9.17, 15) is 4.79 Å².